The van der Waals surface area contributed by atoms with Crippen LogP contribution in [0.1, 0.15) is 25.3 Å². The molecule has 0 bridgehead atoms. The molecule has 142 valence electrons. The fraction of sp³-hybridized carbons (Fsp3) is 0.238. The maximum absolute atomic E-state index is 13.4. The molecule has 6 heteroatoms. The standard InChI is InChI=1S/C21H22FNO4/c1-2-26-21(25)14-11-16-9-12-17(13-10-16)23-20(24)8-5-15-27-19-7-4-3-6-18(19)22/h3-4,6-7,9-14H,2,5,8,15H2,1H3,(H,23,24)/b14-11+. The van der Waals surface area contributed by atoms with Gasteiger partial charge in [0.05, 0.1) is 13.2 Å². The molecule has 0 aliphatic heterocycles. The predicted octanol–water partition coefficient (Wildman–Crippen LogP) is 4.20. The maximum Gasteiger partial charge on any atom is 0.330 e. The van der Waals surface area contributed by atoms with Crippen molar-refractivity contribution in [2.75, 3.05) is 18.5 Å². The van der Waals surface area contributed by atoms with E-state index < -0.39 is 11.8 Å². The van der Waals surface area contributed by atoms with Crippen LogP contribution in [0.4, 0.5) is 10.1 Å². The minimum absolute atomic E-state index is 0.151. The van der Waals surface area contributed by atoms with Gasteiger partial charge in [-0.15, -0.1) is 0 Å². The van der Waals surface area contributed by atoms with Crippen molar-refractivity contribution < 1.29 is 23.5 Å². The Morgan fingerprint density at radius 1 is 1.11 bits per heavy atom. The van der Waals surface area contributed by atoms with Gasteiger partial charge in [-0.2, -0.15) is 0 Å². The topological polar surface area (TPSA) is 64.6 Å². The van der Waals surface area contributed by atoms with Crippen LogP contribution in [-0.4, -0.2) is 25.1 Å². The minimum atomic E-state index is -0.418. The highest BCUT2D eigenvalue weighted by molar-refractivity contribution is 5.91. The van der Waals surface area contributed by atoms with Crippen molar-refractivity contribution in [1.29, 1.82) is 0 Å². The molecule has 2 rings (SSSR count). The largest absolute Gasteiger partial charge is 0.491 e. The fourth-order valence-electron chi connectivity index (χ4n) is 2.23. The van der Waals surface area contributed by atoms with E-state index in [0.717, 1.165) is 5.56 Å². The second-order valence-corrected chi connectivity index (χ2v) is 5.64. The summed E-state index contributed by atoms with van der Waals surface area (Å²) in [6, 6.07) is 13.2. The molecule has 1 N–H and O–H groups in total. The number of benzene rings is 2. The van der Waals surface area contributed by atoms with E-state index in [0.29, 0.717) is 18.7 Å². The van der Waals surface area contributed by atoms with Crippen LogP contribution in [0.3, 0.4) is 0 Å². The third-order valence-corrected chi connectivity index (χ3v) is 3.54. The lowest BCUT2D eigenvalue weighted by molar-refractivity contribution is -0.137. The van der Waals surface area contributed by atoms with Gasteiger partial charge < -0.3 is 14.8 Å². The van der Waals surface area contributed by atoms with Gasteiger partial charge in [0, 0.05) is 18.2 Å². The molecule has 0 saturated carbocycles. The van der Waals surface area contributed by atoms with Gasteiger partial charge in [-0.05, 0) is 49.2 Å². The van der Waals surface area contributed by atoms with Crippen molar-refractivity contribution in [1.82, 2.24) is 0 Å². The summed E-state index contributed by atoms with van der Waals surface area (Å²) >= 11 is 0. The van der Waals surface area contributed by atoms with Crippen molar-refractivity contribution >= 4 is 23.6 Å². The Hall–Kier alpha value is -3.15. The Kier molecular flexibility index (Phi) is 8.03. The smallest absolute Gasteiger partial charge is 0.330 e. The lowest BCUT2D eigenvalue weighted by Crippen LogP contribution is -2.12. The molecule has 0 atom stereocenters. The number of para-hydroxylation sites is 1. The number of amides is 1. The zero-order chi connectivity index (χ0) is 19.5. The second-order valence-electron chi connectivity index (χ2n) is 5.64. The second kappa shape index (κ2) is 10.8. The summed E-state index contributed by atoms with van der Waals surface area (Å²) in [6.45, 7) is 2.33. The number of nitrogens with one attached hydrogen (secondary N) is 1. The summed E-state index contributed by atoms with van der Waals surface area (Å²) in [6.07, 6.45) is 3.73. The average molecular weight is 371 g/mol. The van der Waals surface area contributed by atoms with E-state index in [1.165, 1.54) is 12.1 Å². The van der Waals surface area contributed by atoms with Crippen molar-refractivity contribution in [3.8, 4) is 5.75 Å². The third kappa shape index (κ3) is 7.32. The highest BCUT2D eigenvalue weighted by atomic mass is 19.1. The number of anilines is 1. The summed E-state index contributed by atoms with van der Waals surface area (Å²) in [7, 11) is 0. The van der Waals surface area contributed by atoms with Crippen LogP contribution in [-0.2, 0) is 14.3 Å². The first kappa shape index (κ1) is 20.2. The number of hydrogen-bond acceptors (Lipinski definition) is 4. The molecule has 0 aliphatic carbocycles. The van der Waals surface area contributed by atoms with Crippen LogP contribution >= 0.6 is 0 Å². The van der Waals surface area contributed by atoms with Gasteiger partial charge in [0.25, 0.3) is 0 Å². The predicted molar refractivity (Wildman–Crippen MR) is 102 cm³/mol. The Morgan fingerprint density at radius 3 is 2.56 bits per heavy atom. The molecule has 0 heterocycles. The first-order valence-corrected chi connectivity index (χ1v) is 8.70. The Morgan fingerprint density at radius 2 is 1.85 bits per heavy atom. The number of hydrogen-bond donors (Lipinski definition) is 1. The minimum Gasteiger partial charge on any atom is -0.491 e. The number of carbonyl (C=O) groups excluding carboxylic acids is 2. The molecular formula is C21H22FNO4. The van der Waals surface area contributed by atoms with Crippen molar-refractivity contribution in [2.24, 2.45) is 0 Å². The summed E-state index contributed by atoms with van der Waals surface area (Å²) in [5.74, 6) is -0.780. The van der Waals surface area contributed by atoms with E-state index in [4.69, 9.17) is 9.47 Å². The van der Waals surface area contributed by atoms with E-state index in [9.17, 15) is 14.0 Å². The Balaban J connectivity index is 1.72. The van der Waals surface area contributed by atoms with Crippen LogP contribution in [0, 0.1) is 5.82 Å². The van der Waals surface area contributed by atoms with Gasteiger partial charge in [-0.3, -0.25) is 4.79 Å². The van der Waals surface area contributed by atoms with Crippen LogP contribution in [0.5, 0.6) is 5.75 Å². The van der Waals surface area contributed by atoms with Crippen LogP contribution < -0.4 is 10.1 Å². The molecule has 5 nitrogen and oxygen atoms in total. The molecule has 0 spiro atoms. The average Bonchev–Trinajstić information content (AvgIpc) is 2.66. The van der Waals surface area contributed by atoms with Crippen molar-refractivity contribution in [2.45, 2.75) is 19.8 Å². The highest BCUT2D eigenvalue weighted by Crippen LogP contribution is 2.16. The summed E-state index contributed by atoms with van der Waals surface area (Å²) in [5.41, 5.74) is 1.47. The molecule has 0 aromatic heterocycles. The number of ether oxygens (including phenoxy) is 2. The lowest BCUT2D eigenvalue weighted by atomic mass is 10.2. The number of esters is 1. The van der Waals surface area contributed by atoms with E-state index in [2.05, 4.69) is 5.32 Å². The van der Waals surface area contributed by atoms with Crippen molar-refractivity contribution in [3.05, 3.63) is 66.0 Å². The van der Waals surface area contributed by atoms with E-state index >= 15 is 0 Å². The Bertz CT molecular complexity index is 787. The number of rotatable bonds is 9. The monoisotopic (exact) mass is 371 g/mol. The van der Waals surface area contributed by atoms with Crippen molar-refractivity contribution in [3.63, 3.8) is 0 Å². The number of halogens is 1. The summed E-state index contributed by atoms with van der Waals surface area (Å²) < 4.78 is 23.5. The van der Waals surface area contributed by atoms with Crippen LogP contribution in [0.15, 0.2) is 54.6 Å². The SMILES string of the molecule is CCOC(=O)/C=C/c1ccc(NC(=O)CCCOc2ccccc2F)cc1. The molecule has 0 unspecified atom stereocenters. The fourth-order valence-corrected chi connectivity index (χ4v) is 2.23. The molecule has 0 aliphatic rings. The number of carbonyl (C=O) groups is 2. The van der Waals surface area contributed by atoms with E-state index in [-0.39, 0.29) is 24.7 Å². The molecule has 27 heavy (non-hydrogen) atoms. The van der Waals surface area contributed by atoms with Gasteiger partial charge in [-0.1, -0.05) is 24.3 Å². The molecule has 2 aromatic rings. The molecule has 2 aromatic carbocycles. The molecular weight excluding hydrogens is 349 g/mol. The molecule has 0 fully saturated rings. The Labute approximate surface area is 157 Å². The third-order valence-electron chi connectivity index (χ3n) is 3.54. The van der Waals surface area contributed by atoms with Gasteiger partial charge >= 0.3 is 5.97 Å². The first-order chi connectivity index (χ1) is 13.1. The molecule has 0 radical (unpaired) electrons. The normalized spacial score (nSPS) is 10.6. The van der Waals surface area contributed by atoms with Gasteiger partial charge in [0.1, 0.15) is 0 Å². The van der Waals surface area contributed by atoms with Gasteiger partial charge in [-0.25, -0.2) is 9.18 Å². The quantitative estimate of drug-likeness (QED) is 0.408. The maximum atomic E-state index is 13.4. The zero-order valence-corrected chi connectivity index (χ0v) is 15.1. The van der Waals surface area contributed by atoms with E-state index in [1.54, 1.807) is 55.5 Å². The van der Waals surface area contributed by atoms with Gasteiger partial charge in [0.15, 0.2) is 11.6 Å². The zero-order valence-electron chi connectivity index (χ0n) is 15.1. The first-order valence-electron chi connectivity index (χ1n) is 8.70. The highest BCUT2D eigenvalue weighted by Gasteiger charge is 2.05. The summed E-state index contributed by atoms with van der Waals surface area (Å²) in [4.78, 5) is 23.2. The molecule has 0 saturated heterocycles. The van der Waals surface area contributed by atoms with Gasteiger partial charge in [0.2, 0.25) is 5.91 Å². The summed E-state index contributed by atoms with van der Waals surface area (Å²) in [5, 5.41) is 2.78. The van der Waals surface area contributed by atoms with E-state index in [1.807, 2.05) is 0 Å². The van der Waals surface area contributed by atoms with Crippen LogP contribution in [0.2, 0.25) is 0 Å². The molecule has 1 amide bonds. The lowest BCUT2D eigenvalue weighted by Gasteiger charge is -2.08. The van der Waals surface area contributed by atoms with Crippen LogP contribution in [0.25, 0.3) is 6.08 Å².